The lowest BCUT2D eigenvalue weighted by atomic mass is 10.1. The van der Waals surface area contributed by atoms with Gasteiger partial charge in [-0.15, -0.1) is 0 Å². The molecule has 3 N–H and O–H groups in total. The second-order valence-corrected chi connectivity index (χ2v) is 6.16. The zero-order valence-electron chi connectivity index (χ0n) is 11.0. The molecule has 0 aromatic heterocycles. The van der Waals surface area contributed by atoms with Crippen molar-refractivity contribution in [1.82, 2.24) is 4.72 Å². The Hall–Kier alpha value is -1.12. The van der Waals surface area contributed by atoms with E-state index in [1.807, 2.05) is 0 Å². The molecule has 0 aliphatic rings. The van der Waals surface area contributed by atoms with Crippen molar-refractivity contribution in [1.29, 1.82) is 0 Å². The highest BCUT2D eigenvalue weighted by Gasteiger charge is 2.26. The number of nitrogens with two attached hydrogens (primary N) is 1. The van der Waals surface area contributed by atoms with Gasteiger partial charge < -0.3 is 5.73 Å². The summed E-state index contributed by atoms with van der Waals surface area (Å²) in [7, 11) is -3.81. The highest BCUT2D eigenvalue weighted by atomic mass is 32.2. The van der Waals surface area contributed by atoms with Crippen LogP contribution in [0.5, 0.6) is 0 Å². The number of nitrogens with one attached hydrogen (secondary N) is 1. The molecule has 0 heterocycles. The zero-order chi connectivity index (χ0) is 15.4. The highest BCUT2D eigenvalue weighted by molar-refractivity contribution is 7.89. The number of rotatable bonds is 6. The summed E-state index contributed by atoms with van der Waals surface area (Å²) in [5.41, 5.74) is 6.61. The van der Waals surface area contributed by atoms with Gasteiger partial charge in [0.05, 0.1) is 4.90 Å². The van der Waals surface area contributed by atoms with Gasteiger partial charge in [0, 0.05) is 19.5 Å². The van der Waals surface area contributed by atoms with Crippen molar-refractivity contribution in [3.8, 4) is 0 Å². The molecule has 1 rings (SSSR count). The van der Waals surface area contributed by atoms with E-state index in [2.05, 4.69) is 4.72 Å². The first-order chi connectivity index (χ1) is 9.15. The first-order valence-corrected chi connectivity index (χ1v) is 7.50. The number of benzene rings is 1. The highest BCUT2D eigenvalue weighted by Crippen LogP contribution is 2.21. The minimum absolute atomic E-state index is 0.0486. The minimum Gasteiger partial charge on any atom is -0.326 e. The molecule has 1 aromatic carbocycles. The van der Waals surface area contributed by atoms with E-state index < -0.39 is 22.6 Å². The van der Waals surface area contributed by atoms with E-state index in [4.69, 9.17) is 5.73 Å². The Kier molecular flexibility index (Phi) is 5.55. The van der Waals surface area contributed by atoms with Crippen LogP contribution >= 0.6 is 0 Å². The van der Waals surface area contributed by atoms with Gasteiger partial charge in [0.1, 0.15) is 0 Å². The molecular weight excluding hydrogens is 293 g/mol. The van der Waals surface area contributed by atoms with E-state index in [0.29, 0.717) is 11.1 Å². The maximum Gasteiger partial charge on any atom is 0.389 e. The van der Waals surface area contributed by atoms with Crippen LogP contribution in [0, 0.1) is 6.92 Å². The molecule has 0 saturated heterocycles. The number of halogens is 3. The van der Waals surface area contributed by atoms with E-state index in [1.165, 1.54) is 6.07 Å². The lowest BCUT2D eigenvalue weighted by molar-refractivity contribution is -0.135. The fourth-order valence-electron chi connectivity index (χ4n) is 1.63. The average Bonchev–Trinajstić information content (AvgIpc) is 2.34. The largest absolute Gasteiger partial charge is 0.389 e. The van der Waals surface area contributed by atoms with Crippen LogP contribution in [0.2, 0.25) is 0 Å². The van der Waals surface area contributed by atoms with Crippen molar-refractivity contribution in [3.05, 3.63) is 29.3 Å². The average molecular weight is 310 g/mol. The number of hydrogen-bond donors (Lipinski definition) is 2. The fourth-order valence-corrected chi connectivity index (χ4v) is 3.00. The zero-order valence-corrected chi connectivity index (χ0v) is 11.8. The van der Waals surface area contributed by atoms with Crippen LogP contribution in [0.25, 0.3) is 0 Å². The number of hydrogen-bond acceptors (Lipinski definition) is 3. The Morgan fingerprint density at radius 1 is 1.30 bits per heavy atom. The molecule has 0 fully saturated rings. The van der Waals surface area contributed by atoms with Crippen molar-refractivity contribution < 1.29 is 21.6 Å². The first kappa shape index (κ1) is 16.9. The Balaban J connectivity index is 2.74. The lowest BCUT2D eigenvalue weighted by Crippen LogP contribution is -2.26. The Bertz CT molecular complexity index is 556. The van der Waals surface area contributed by atoms with E-state index in [-0.39, 0.29) is 24.4 Å². The number of aryl methyl sites for hydroxylation is 1. The molecule has 0 saturated carbocycles. The molecule has 1 aromatic rings. The Morgan fingerprint density at radius 3 is 2.50 bits per heavy atom. The maximum absolute atomic E-state index is 12.0. The van der Waals surface area contributed by atoms with Gasteiger partial charge in [-0.1, -0.05) is 12.1 Å². The van der Waals surface area contributed by atoms with Crippen LogP contribution in [-0.2, 0) is 16.6 Å². The molecule has 0 radical (unpaired) electrons. The molecule has 0 aliphatic heterocycles. The van der Waals surface area contributed by atoms with Crippen molar-refractivity contribution >= 4 is 10.0 Å². The monoisotopic (exact) mass is 310 g/mol. The van der Waals surface area contributed by atoms with Gasteiger partial charge in [0.2, 0.25) is 10.0 Å². The van der Waals surface area contributed by atoms with Crippen LogP contribution in [0.3, 0.4) is 0 Å². The molecule has 0 amide bonds. The molecule has 0 atom stereocenters. The minimum atomic E-state index is -4.28. The summed E-state index contributed by atoms with van der Waals surface area (Å²) in [6.45, 7) is 1.55. The predicted molar refractivity (Wildman–Crippen MR) is 69.5 cm³/mol. The molecular formula is C12H17F3N2O2S. The van der Waals surface area contributed by atoms with Gasteiger partial charge in [-0.05, 0) is 30.5 Å². The summed E-state index contributed by atoms with van der Waals surface area (Å²) in [6.07, 6.45) is -5.59. The maximum atomic E-state index is 12.0. The van der Waals surface area contributed by atoms with E-state index >= 15 is 0 Å². The van der Waals surface area contributed by atoms with Crippen LogP contribution < -0.4 is 10.5 Å². The standard InChI is InChI=1S/C12H17F3N2O2S/c1-9-3-4-10(8-16)7-11(9)20(18,19)17-6-2-5-12(13,14)15/h3-4,7,17H,2,5-6,8,16H2,1H3. The van der Waals surface area contributed by atoms with Crippen molar-refractivity contribution in [3.63, 3.8) is 0 Å². The van der Waals surface area contributed by atoms with Gasteiger partial charge >= 0.3 is 6.18 Å². The first-order valence-electron chi connectivity index (χ1n) is 6.02. The number of alkyl halides is 3. The molecule has 20 heavy (non-hydrogen) atoms. The molecule has 8 heteroatoms. The van der Waals surface area contributed by atoms with Crippen molar-refractivity contribution in [2.45, 2.75) is 37.4 Å². The smallest absolute Gasteiger partial charge is 0.326 e. The second-order valence-electron chi connectivity index (χ2n) is 4.42. The van der Waals surface area contributed by atoms with E-state index in [1.54, 1.807) is 19.1 Å². The van der Waals surface area contributed by atoms with Crippen molar-refractivity contribution in [2.75, 3.05) is 6.54 Å². The van der Waals surface area contributed by atoms with Crippen LogP contribution in [0.1, 0.15) is 24.0 Å². The molecule has 0 unspecified atom stereocenters. The summed E-state index contributed by atoms with van der Waals surface area (Å²) in [4.78, 5) is 0.0486. The number of sulfonamides is 1. The topological polar surface area (TPSA) is 72.2 Å². The van der Waals surface area contributed by atoms with Crippen LogP contribution in [0.4, 0.5) is 13.2 Å². The van der Waals surface area contributed by atoms with Gasteiger partial charge in [0.25, 0.3) is 0 Å². The molecule has 114 valence electrons. The Morgan fingerprint density at radius 2 is 1.95 bits per heavy atom. The van der Waals surface area contributed by atoms with E-state index in [9.17, 15) is 21.6 Å². The molecule has 4 nitrogen and oxygen atoms in total. The summed E-state index contributed by atoms with van der Waals surface area (Å²) in [5.74, 6) is 0. The van der Waals surface area contributed by atoms with Gasteiger partial charge in [-0.3, -0.25) is 0 Å². The van der Waals surface area contributed by atoms with Gasteiger partial charge in [-0.2, -0.15) is 13.2 Å². The Labute approximate surface area is 116 Å². The fraction of sp³-hybridized carbons (Fsp3) is 0.500. The normalized spacial score (nSPS) is 12.7. The summed E-state index contributed by atoms with van der Waals surface area (Å²) < 4.78 is 62.1. The van der Waals surface area contributed by atoms with Crippen LogP contribution in [0.15, 0.2) is 23.1 Å². The molecule has 0 aliphatic carbocycles. The van der Waals surface area contributed by atoms with Gasteiger partial charge in [-0.25, -0.2) is 13.1 Å². The predicted octanol–water partition coefficient (Wildman–Crippen LogP) is 2.07. The lowest BCUT2D eigenvalue weighted by Gasteiger charge is -2.11. The molecule has 0 spiro atoms. The SMILES string of the molecule is Cc1ccc(CN)cc1S(=O)(=O)NCCCC(F)(F)F. The van der Waals surface area contributed by atoms with Gasteiger partial charge in [0.15, 0.2) is 0 Å². The summed E-state index contributed by atoms with van der Waals surface area (Å²) in [5, 5.41) is 0. The quantitative estimate of drug-likeness (QED) is 0.790. The molecule has 0 bridgehead atoms. The van der Waals surface area contributed by atoms with Crippen molar-refractivity contribution in [2.24, 2.45) is 5.73 Å². The third kappa shape index (κ3) is 5.10. The second kappa shape index (κ2) is 6.55. The third-order valence-electron chi connectivity index (χ3n) is 2.71. The summed E-state index contributed by atoms with van der Waals surface area (Å²) in [6, 6.07) is 4.76. The van der Waals surface area contributed by atoms with E-state index in [0.717, 1.165) is 0 Å². The summed E-state index contributed by atoms with van der Waals surface area (Å²) >= 11 is 0. The van der Waals surface area contributed by atoms with Crippen LogP contribution in [-0.4, -0.2) is 21.1 Å². The third-order valence-corrected chi connectivity index (χ3v) is 4.31.